The van der Waals surface area contributed by atoms with E-state index in [2.05, 4.69) is 23.3 Å². The van der Waals surface area contributed by atoms with E-state index < -0.39 is 0 Å². The van der Waals surface area contributed by atoms with Crippen molar-refractivity contribution in [3.8, 4) is 0 Å². The number of amides is 1. The number of carbonyl (C=O) groups excluding carboxylic acids is 2. The third-order valence-corrected chi connectivity index (χ3v) is 5.96. The standard InChI is InChI=1S/C21H26N2O3S.ClH/c1-5-26-21(25)19-16-8-9-23(4)12-17(16)27-20(19)22-18(24)11-15-7-6-13(2)10-14(15)3;/h6-7,10H,5,8-9,11-12H2,1-4H3,(H,22,24);1H. The number of fused-ring (bicyclic) bond motifs is 1. The molecule has 0 bridgehead atoms. The summed E-state index contributed by atoms with van der Waals surface area (Å²) in [4.78, 5) is 28.5. The molecular weight excluding hydrogens is 396 g/mol. The molecule has 0 aliphatic carbocycles. The van der Waals surface area contributed by atoms with Crippen molar-refractivity contribution in [2.24, 2.45) is 0 Å². The summed E-state index contributed by atoms with van der Waals surface area (Å²) in [5.74, 6) is -0.458. The van der Waals surface area contributed by atoms with Crippen LogP contribution < -0.4 is 5.32 Å². The van der Waals surface area contributed by atoms with Crippen LogP contribution in [0, 0.1) is 13.8 Å². The highest BCUT2D eigenvalue weighted by Gasteiger charge is 2.28. The fourth-order valence-corrected chi connectivity index (χ4v) is 4.76. The fourth-order valence-electron chi connectivity index (χ4n) is 3.43. The molecule has 1 aliphatic heterocycles. The Morgan fingerprint density at radius 2 is 2.04 bits per heavy atom. The van der Waals surface area contributed by atoms with Gasteiger partial charge >= 0.3 is 5.97 Å². The highest BCUT2D eigenvalue weighted by Crippen LogP contribution is 2.37. The molecule has 0 unspecified atom stereocenters. The summed E-state index contributed by atoms with van der Waals surface area (Å²) in [6.07, 6.45) is 1.08. The summed E-state index contributed by atoms with van der Waals surface area (Å²) in [6.45, 7) is 7.85. The Morgan fingerprint density at radius 3 is 2.71 bits per heavy atom. The average molecular weight is 423 g/mol. The summed E-state index contributed by atoms with van der Waals surface area (Å²) in [5.41, 5.74) is 4.84. The Labute approximate surface area is 176 Å². The second kappa shape index (κ2) is 9.54. The zero-order valence-corrected chi connectivity index (χ0v) is 18.4. The zero-order valence-electron chi connectivity index (χ0n) is 16.8. The van der Waals surface area contributed by atoms with E-state index >= 15 is 0 Å². The van der Waals surface area contributed by atoms with Crippen molar-refractivity contribution >= 4 is 40.6 Å². The number of thiophene rings is 1. The first-order chi connectivity index (χ1) is 12.9. The van der Waals surface area contributed by atoms with Crippen molar-refractivity contribution in [2.45, 2.75) is 40.2 Å². The third kappa shape index (κ3) is 4.93. The first-order valence-electron chi connectivity index (χ1n) is 9.25. The minimum atomic E-state index is -0.346. The number of benzene rings is 1. The first kappa shape index (κ1) is 22.4. The lowest BCUT2D eigenvalue weighted by Crippen LogP contribution is -2.26. The number of likely N-dealkylation sites (N-methyl/N-ethyl adjacent to an activating group) is 1. The van der Waals surface area contributed by atoms with Crippen LogP contribution in [-0.4, -0.2) is 37.0 Å². The average Bonchev–Trinajstić information content (AvgIpc) is 2.94. The summed E-state index contributed by atoms with van der Waals surface area (Å²) in [7, 11) is 2.06. The molecule has 1 aromatic heterocycles. The molecule has 152 valence electrons. The van der Waals surface area contributed by atoms with Gasteiger partial charge in [-0.2, -0.15) is 0 Å². The summed E-state index contributed by atoms with van der Waals surface area (Å²) in [5, 5.41) is 3.59. The maximum Gasteiger partial charge on any atom is 0.341 e. The Kier molecular flexibility index (Phi) is 7.63. The van der Waals surface area contributed by atoms with Crippen LogP contribution in [0.4, 0.5) is 5.00 Å². The quantitative estimate of drug-likeness (QED) is 0.736. The van der Waals surface area contributed by atoms with Gasteiger partial charge in [-0.05, 0) is 50.9 Å². The van der Waals surface area contributed by atoms with Crippen LogP contribution in [0.25, 0.3) is 0 Å². The number of esters is 1. The highest BCUT2D eigenvalue weighted by atomic mass is 35.5. The molecule has 1 N–H and O–H groups in total. The molecular formula is C21H27ClN2O3S. The summed E-state index contributed by atoms with van der Waals surface area (Å²) >= 11 is 1.49. The molecule has 0 saturated carbocycles. The van der Waals surface area contributed by atoms with E-state index in [1.165, 1.54) is 16.9 Å². The number of ether oxygens (including phenoxy) is 1. The number of hydrogen-bond acceptors (Lipinski definition) is 5. The number of nitrogens with one attached hydrogen (secondary N) is 1. The number of nitrogens with zero attached hydrogens (tertiary/aromatic N) is 1. The number of anilines is 1. The highest BCUT2D eigenvalue weighted by molar-refractivity contribution is 7.17. The van der Waals surface area contributed by atoms with Crippen molar-refractivity contribution in [3.63, 3.8) is 0 Å². The van der Waals surface area contributed by atoms with E-state index in [0.29, 0.717) is 17.2 Å². The van der Waals surface area contributed by atoms with Gasteiger partial charge in [0.15, 0.2) is 0 Å². The normalized spacial score (nSPS) is 13.4. The zero-order chi connectivity index (χ0) is 19.6. The topological polar surface area (TPSA) is 58.6 Å². The molecule has 2 aromatic rings. The van der Waals surface area contributed by atoms with Gasteiger partial charge in [-0.1, -0.05) is 23.8 Å². The van der Waals surface area contributed by atoms with Crippen molar-refractivity contribution in [3.05, 3.63) is 50.9 Å². The van der Waals surface area contributed by atoms with Crippen LogP contribution in [0.5, 0.6) is 0 Å². The van der Waals surface area contributed by atoms with E-state index in [4.69, 9.17) is 4.74 Å². The third-order valence-electron chi connectivity index (χ3n) is 4.83. The SMILES string of the molecule is CCOC(=O)c1c(NC(=O)Cc2ccc(C)cc2C)sc2c1CCN(C)C2.Cl. The monoisotopic (exact) mass is 422 g/mol. The van der Waals surface area contributed by atoms with E-state index in [1.54, 1.807) is 6.92 Å². The van der Waals surface area contributed by atoms with Crippen LogP contribution in [-0.2, 0) is 28.9 Å². The van der Waals surface area contributed by atoms with Gasteiger partial charge in [0, 0.05) is 18.0 Å². The van der Waals surface area contributed by atoms with Gasteiger partial charge in [-0.25, -0.2) is 4.79 Å². The van der Waals surface area contributed by atoms with Crippen molar-refractivity contribution < 1.29 is 14.3 Å². The number of halogens is 1. The maximum atomic E-state index is 12.7. The van der Waals surface area contributed by atoms with Crippen LogP contribution >= 0.6 is 23.7 Å². The predicted octanol–water partition coefficient (Wildman–Crippen LogP) is 4.13. The molecule has 3 rings (SSSR count). The number of aryl methyl sites for hydroxylation is 2. The van der Waals surface area contributed by atoms with Crippen molar-refractivity contribution in [1.29, 1.82) is 0 Å². The van der Waals surface area contributed by atoms with Crippen LogP contribution in [0.15, 0.2) is 18.2 Å². The Balaban J connectivity index is 0.00000280. The van der Waals surface area contributed by atoms with Gasteiger partial charge in [0.05, 0.1) is 18.6 Å². The van der Waals surface area contributed by atoms with Gasteiger partial charge < -0.3 is 15.0 Å². The molecule has 7 heteroatoms. The van der Waals surface area contributed by atoms with Gasteiger partial charge in [0.1, 0.15) is 5.00 Å². The molecule has 5 nitrogen and oxygen atoms in total. The Hall–Kier alpha value is -1.89. The first-order valence-corrected chi connectivity index (χ1v) is 10.1. The predicted molar refractivity (Wildman–Crippen MR) is 116 cm³/mol. The molecule has 0 fully saturated rings. The van der Waals surface area contributed by atoms with E-state index in [9.17, 15) is 9.59 Å². The molecule has 0 radical (unpaired) electrons. The molecule has 28 heavy (non-hydrogen) atoms. The minimum absolute atomic E-state index is 0. The van der Waals surface area contributed by atoms with Crippen LogP contribution in [0.2, 0.25) is 0 Å². The van der Waals surface area contributed by atoms with E-state index in [-0.39, 0.29) is 30.7 Å². The molecule has 2 heterocycles. The largest absolute Gasteiger partial charge is 0.462 e. The molecule has 1 aliphatic rings. The molecule has 0 spiro atoms. The minimum Gasteiger partial charge on any atom is -0.462 e. The molecule has 1 amide bonds. The fraction of sp³-hybridized carbons (Fsp3) is 0.429. The molecule has 0 atom stereocenters. The molecule has 1 aromatic carbocycles. The van der Waals surface area contributed by atoms with E-state index in [0.717, 1.165) is 41.1 Å². The summed E-state index contributed by atoms with van der Waals surface area (Å²) < 4.78 is 5.25. The Morgan fingerprint density at radius 1 is 1.29 bits per heavy atom. The van der Waals surface area contributed by atoms with Gasteiger partial charge in [0.2, 0.25) is 5.91 Å². The van der Waals surface area contributed by atoms with Gasteiger partial charge in [0.25, 0.3) is 0 Å². The van der Waals surface area contributed by atoms with Gasteiger partial charge in [-0.3, -0.25) is 4.79 Å². The second-order valence-corrected chi connectivity index (χ2v) is 8.18. The van der Waals surface area contributed by atoms with Crippen molar-refractivity contribution in [2.75, 3.05) is 25.5 Å². The lowest BCUT2D eigenvalue weighted by molar-refractivity contribution is -0.115. The number of carbonyl (C=O) groups is 2. The Bertz CT molecular complexity index is 879. The van der Waals surface area contributed by atoms with Gasteiger partial charge in [-0.15, -0.1) is 23.7 Å². The maximum absolute atomic E-state index is 12.7. The number of rotatable bonds is 5. The lowest BCUT2D eigenvalue weighted by Gasteiger charge is -2.22. The smallest absolute Gasteiger partial charge is 0.341 e. The molecule has 0 saturated heterocycles. The van der Waals surface area contributed by atoms with Crippen LogP contribution in [0.1, 0.15) is 44.4 Å². The lowest BCUT2D eigenvalue weighted by atomic mass is 10.0. The summed E-state index contributed by atoms with van der Waals surface area (Å²) in [6, 6.07) is 6.08. The van der Waals surface area contributed by atoms with Crippen molar-refractivity contribution in [1.82, 2.24) is 4.90 Å². The second-order valence-electron chi connectivity index (χ2n) is 7.07. The number of hydrogen-bond donors (Lipinski definition) is 1. The van der Waals surface area contributed by atoms with E-state index in [1.807, 2.05) is 26.0 Å². The van der Waals surface area contributed by atoms with Crippen LogP contribution in [0.3, 0.4) is 0 Å².